The summed E-state index contributed by atoms with van der Waals surface area (Å²) in [6.45, 7) is 0. The van der Waals surface area contributed by atoms with Gasteiger partial charge in [0.15, 0.2) is 0 Å². The van der Waals surface area contributed by atoms with Crippen molar-refractivity contribution in [2.75, 3.05) is 7.05 Å². The lowest BCUT2D eigenvalue weighted by atomic mass is 9.76. The number of rotatable bonds is 4. The van der Waals surface area contributed by atoms with Crippen molar-refractivity contribution in [2.45, 2.75) is 50.1 Å². The molecule has 0 radical (unpaired) electrons. The molecule has 0 aromatic heterocycles. The second kappa shape index (κ2) is 4.64. The number of amides is 1. The van der Waals surface area contributed by atoms with Gasteiger partial charge in [-0.05, 0) is 45.6 Å². The van der Waals surface area contributed by atoms with Crippen LogP contribution in [0.3, 0.4) is 0 Å². The fourth-order valence-corrected chi connectivity index (χ4v) is 2.49. The van der Waals surface area contributed by atoms with Crippen molar-refractivity contribution in [3.05, 3.63) is 0 Å². The third-order valence-corrected chi connectivity index (χ3v) is 4.02. The quantitative estimate of drug-likeness (QED) is 0.668. The van der Waals surface area contributed by atoms with Gasteiger partial charge in [-0.25, -0.2) is 0 Å². The molecule has 96 valence electrons. The van der Waals surface area contributed by atoms with Gasteiger partial charge < -0.3 is 15.7 Å². The number of hydrogen-bond donors (Lipinski definition) is 3. The minimum atomic E-state index is -0.823. The molecule has 0 atom stereocenters. The number of aliphatic carboxylic acids is 1. The van der Waals surface area contributed by atoms with Gasteiger partial charge in [0.25, 0.3) is 0 Å². The maximum Gasteiger partial charge on any atom is 0.323 e. The molecular formula is C12H20N2O3. The minimum absolute atomic E-state index is 0.00331. The van der Waals surface area contributed by atoms with Crippen molar-refractivity contribution >= 4 is 11.9 Å². The SMILES string of the molecule is CNC1(C(=O)O)CCC(C(=O)NC2CC2)CC1. The molecule has 0 spiro atoms. The summed E-state index contributed by atoms with van der Waals surface area (Å²) in [4.78, 5) is 23.0. The van der Waals surface area contributed by atoms with E-state index in [0.29, 0.717) is 31.7 Å². The Morgan fingerprint density at radius 1 is 1.18 bits per heavy atom. The summed E-state index contributed by atoms with van der Waals surface area (Å²) >= 11 is 0. The zero-order valence-electron chi connectivity index (χ0n) is 10.2. The molecule has 2 aliphatic rings. The lowest BCUT2D eigenvalue weighted by Crippen LogP contribution is -2.53. The van der Waals surface area contributed by atoms with Crippen molar-refractivity contribution < 1.29 is 14.7 Å². The predicted octanol–water partition coefficient (Wildman–Crippen LogP) is 0.498. The average molecular weight is 240 g/mol. The number of hydrogen-bond acceptors (Lipinski definition) is 3. The third-order valence-electron chi connectivity index (χ3n) is 4.02. The van der Waals surface area contributed by atoms with Gasteiger partial charge in [-0.1, -0.05) is 0 Å². The standard InChI is InChI=1S/C12H20N2O3/c1-13-12(11(16)17)6-4-8(5-7-12)10(15)14-9-2-3-9/h8-9,13H,2-7H2,1H3,(H,14,15)(H,16,17). The molecule has 0 aromatic carbocycles. The number of carbonyl (C=O) groups excluding carboxylic acids is 1. The van der Waals surface area contributed by atoms with E-state index in [2.05, 4.69) is 10.6 Å². The molecule has 5 heteroatoms. The third kappa shape index (κ3) is 2.60. The first-order valence-electron chi connectivity index (χ1n) is 6.30. The highest BCUT2D eigenvalue weighted by atomic mass is 16.4. The van der Waals surface area contributed by atoms with Crippen molar-refractivity contribution in [2.24, 2.45) is 5.92 Å². The number of carboxylic acid groups (broad SMARTS) is 1. The summed E-state index contributed by atoms with van der Waals surface area (Å²) in [7, 11) is 1.68. The molecule has 0 unspecified atom stereocenters. The van der Waals surface area contributed by atoms with Crippen LogP contribution in [0.25, 0.3) is 0 Å². The van der Waals surface area contributed by atoms with Gasteiger partial charge in [0.1, 0.15) is 5.54 Å². The molecule has 2 saturated carbocycles. The average Bonchev–Trinajstić information content (AvgIpc) is 3.12. The minimum Gasteiger partial charge on any atom is -0.480 e. The Kier molecular flexibility index (Phi) is 3.38. The van der Waals surface area contributed by atoms with Crippen LogP contribution in [0.15, 0.2) is 0 Å². The lowest BCUT2D eigenvalue weighted by Gasteiger charge is -2.36. The number of carboxylic acids is 1. The first-order chi connectivity index (χ1) is 8.07. The van der Waals surface area contributed by atoms with E-state index in [-0.39, 0.29) is 11.8 Å². The molecule has 3 N–H and O–H groups in total. The molecule has 2 aliphatic carbocycles. The van der Waals surface area contributed by atoms with Crippen molar-refractivity contribution in [3.63, 3.8) is 0 Å². The number of carbonyl (C=O) groups is 2. The molecule has 0 saturated heterocycles. The highest BCUT2D eigenvalue weighted by molar-refractivity contribution is 5.82. The van der Waals surface area contributed by atoms with Gasteiger partial charge in [0, 0.05) is 12.0 Å². The second-order valence-corrected chi connectivity index (χ2v) is 5.19. The van der Waals surface area contributed by atoms with E-state index in [1.165, 1.54) is 0 Å². The van der Waals surface area contributed by atoms with E-state index in [4.69, 9.17) is 0 Å². The summed E-state index contributed by atoms with van der Waals surface area (Å²) < 4.78 is 0. The fourth-order valence-electron chi connectivity index (χ4n) is 2.49. The first kappa shape index (κ1) is 12.4. The molecule has 5 nitrogen and oxygen atoms in total. The van der Waals surface area contributed by atoms with Crippen LogP contribution < -0.4 is 10.6 Å². The van der Waals surface area contributed by atoms with Crippen LogP contribution in [0, 0.1) is 5.92 Å². The summed E-state index contributed by atoms with van der Waals surface area (Å²) in [5.74, 6) is -0.694. The maximum atomic E-state index is 11.8. The number of nitrogens with one attached hydrogen (secondary N) is 2. The highest BCUT2D eigenvalue weighted by Gasteiger charge is 2.42. The predicted molar refractivity (Wildman–Crippen MR) is 62.5 cm³/mol. The van der Waals surface area contributed by atoms with Gasteiger partial charge in [-0.2, -0.15) is 0 Å². The normalized spacial score (nSPS) is 33.1. The van der Waals surface area contributed by atoms with Crippen LogP contribution in [-0.4, -0.2) is 35.6 Å². The van der Waals surface area contributed by atoms with Crippen LogP contribution >= 0.6 is 0 Å². The number of likely N-dealkylation sites (N-methyl/N-ethyl adjacent to an activating group) is 1. The summed E-state index contributed by atoms with van der Waals surface area (Å²) in [5, 5.41) is 15.1. The van der Waals surface area contributed by atoms with Gasteiger partial charge in [-0.3, -0.25) is 9.59 Å². The van der Waals surface area contributed by atoms with Crippen LogP contribution in [0.4, 0.5) is 0 Å². The van der Waals surface area contributed by atoms with Crippen LogP contribution in [0.5, 0.6) is 0 Å². The first-order valence-corrected chi connectivity index (χ1v) is 6.30. The molecule has 0 aromatic rings. The topological polar surface area (TPSA) is 78.4 Å². The zero-order chi connectivity index (χ0) is 12.5. The Morgan fingerprint density at radius 2 is 1.76 bits per heavy atom. The molecule has 2 rings (SSSR count). The molecule has 1 amide bonds. The van der Waals surface area contributed by atoms with Crippen LogP contribution in [0.2, 0.25) is 0 Å². The lowest BCUT2D eigenvalue weighted by molar-refractivity contribution is -0.147. The molecule has 0 aliphatic heterocycles. The maximum absolute atomic E-state index is 11.8. The monoisotopic (exact) mass is 240 g/mol. The zero-order valence-corrected chi connectivity index (χ0v) is 10.2. The van der Waals surface area contributed by atoms with E-state index in [9.17, 15) is 14.7 Å². The Hall–Kier alpha value is -1.10. The smallest absolute Gasteiger partial charge is 0.323 e. The molecule has 0 bridgehead atoms. The summed E-state index contributed by atoms with van der Waals surface area (Å²) in [6, 6.07) is 0.387. The highest BCUT2D eigenvalue weighted by Crippen LogP contribution is 2.33. The Bertz CT molecular complexity index is 318. The Labute approximate surface area is 101 Å². The van der Waals surface area contributed by atoms with Crippen molar-refractivity contribution in [3.8, 4) is 0 Å². The van der Waals surface area contributed by atoms with E-state index in [1.807, 2.05) is 0 Å². The van der Waals surface area contributed by atoms with Crippen LogP contribution in [0.1, 0.15) is 38.5 Å². The Morgan fingerprint density at radius 3 is 2.18 bits per heavy atom. The Balaban J connectivity index is 1.87. The van der Waals surface area contributed by atoms with Gasteiger partial charge in [-0.15, -0.1) is 0 Å². The summed E-state index contributed by atoms with van der Waals surface area (Å²) in [5.41, 5.74) is -0.823. The van der Waals surface area contributed by atoms with Crippen LogP contribution in [-0.2, 0) is 9.59 Å². The van der Waals surface area contributed by atoms with E-state index in [1.54, 1.807) is 7.05 Å². The summed E-state index contributed by atoms with van der Waals surface area (Å²) in [6.07, 6.45) is 4.56. The van der Waals surface area contributed by atoms with E-state index >= 15 is 0 Å². The van der Waals surface area contributed by atoms with Gasteiger partial charge >= 0.3 is 5.97 Å². The molecule has 0 heterocycles. The van der Waals surface area contributed by atoms with Gasteiger partial charge in [0.05, 0.1) is 0 Å². The molecular weight excluding hydrogens is 220 g/mol. The van der Waals surface area contributed by atoms with Crippen molar-refractivity contribution in [1.82, 2.24) is 10.6 Å². The second-order valence-electron chi connectivity index (χ2n) is 5.19. The van der Waals surface area contributed by atoms with Crippen molar-refractivity contribution in [1.29, 1.82) is 0 Å². The van der Waals surface area contributed by atoms with E-state index < -0.39 is 11.5 Å². The molecule has 2 fully saturated rings. The largest absolute Gasteiger partial charge is 0.480 e. The van der Waals surface area contributed by atoms with Gasteiger partial charge in [0.2, 0.25) is 5.91 Å². The van der Waals surface area contributed by atoms with E-state index in [0.717, 1.165) is 12.8 Å². The fraction of sp³-hybridized carbons (Fsp3) is 0.833. The molecule has 17 heavy (non-hydrogen) atoms.